The van der Waals surface area contributed by atoms with Gasteiger partial charge in [-0.15, -0.1) is 0 Å². The van der Waals surface area contributed by atoms with Crippen LogP contribution in [0.3, 0.4) is 0 Å². The first-order valence-electron chi connectivity index (χ1n) is 11.7. The van der Waals surface area contributed by atoms with Crippen LogP contribution in [0.2, 0.25) is 0 Å². The number of methoxy groups -OCH3 is 1. The van der Waals surface area contributed by atoms with Gasteiger partial charge in [0, 0.05) is 36.3 Å². The molecule has 36 heavy (non-hydrogen) atoms. The molecule has 0 spiro atoms. The van der Waals surface area contributed by atoms with Gasteiger partial charge in [-0.05, 0) is 60.0 Å². The second kappa shape index (κ2) is 9.58. The Morgan fingerprint density at radius 3 is 2.47 bits per heavy atom. The van der Waals surface area contributed by atoms with Crippen LogP contribution < -0.4 is 21.2 Å². The molecule has 5 rings (SSSR count). The number of nitrogens with zero attached hydrogens (tertiary/aromatic N) is 2. The van der Waals surface area contributed by atoms with Gasteiger partial charge in [0.05, 0.1) is 24.7 Å². The zero-order valence-electron chi connectivity index (χ0n) is 20.1. The van der Waals surface area contributed by atoms with Crippen molar-refractivity contribution in [2.75, 3.05) is 13.7 Å². The minimum absolute atomic E-state index is 0.171. The molecule has 0 atom stereocenters. The van der Waals surface area contributed by atoms with E-state index in [0.29, 0.717) is 29.6 Å². The number of nitrogens with one attached hydrogen (secondary N) is 2. The minimum Gasteiger partial charge on any atom is -0.497 e. The first-order chi connectivity index (χ1) is 17.5. The van der Waals surface area contributed by atoms with E-state index in [0.717, 1.165) is 27.8 Å². The van der Waals surface area contributed by atoms with Gasteiger partial charge < -0.3 is 19.6 Å². The Hall–Kier alpha value is -4.59. The number of aromatic nitrogens is 3. The Balaban J connectivity index is 1.27. The number of hydrogen-bond donors (Lipinski definition) is 2. The third kappa shape index (κ3) is 4.29. The number of ether oxygens (including phenoxy) is 1. The van der Waals surface area contributed by atoms with Crippen molar-refractivity contribution in [3.8, 4) is 5.75 Å². The average Bonchev–Trinajstić information content (AvgIpc) is 3.32. The van der Waals surface area contributed by atoms with E-state index in [1.807, 2.05) is 48.7 Å². The minimum atomic E-state index is -0.576. The van der Waals surface area contributed by atoms with E-state index in [9.17, 15) is 14.4 Å². The summed E-state index contributed by atoms with van der Waals surface area (Å²) in [6.45, 7) is 0.723. The van der Waals surface area contributed by atoms with E-state index >= 15 is 0 Å². The summed E-state index contributed by atoms with van der Waals surface area (Å²) in [4.78, 5) is 41.0. The van der Waals surface area contributed by atoms with Gasteiger partial charge in [-0.1, -0.05) is 24.3 Å². The molecule has 0 fully saturated rings. The smallest absolute Gasteiger partial charge is 0.317 e. The van der Waals surface area contributed by atoms with Crippen LogP contribution in [0.1, 0.15) is 21.5 Å². The topological polar surface area (TPSA) is 98.1 Å². The number of amides is 1. The fourth-order valence-electron chi connectivity index (χ4n) is 4.46. The van der Waals surface area contributed by atoms with Gasteiger partial charge in [-0.25, -0.2) is 0 Å². The monoisotopic (exact) mass is 482 g/mol. The average molecular weight is 483 g/mol. The SMILES string of the molecule is COc1ccc2[nH]cc(CCNC(=O)c3ccc(Cn4c(=O)c(=O)n(C)c5ccccc54)cc3)c2c1. The van der Waals surface area contributed by atoms with Crippen molar-refractivity contribution in [1.82, 2.24) is 19.4 Å². The van der Waals surface area contributed by atoms with Crippen LogP contribution in [0.25, 0.3) is 21.9 Å². The van der Waals surface area contributed by atoms with Crippen molar-refractivity contribution in [2.45, 2.75) is 13.0 Å². The van der Waals surface area contributed by atoms with Crippen molar-refractivity contribution in [1.29, 1.82) is 0 Å². The molecule has 1 amide bonds. The molecule has 8 nitrogen and oxygen atoms in total. The van der Waals surface area contributed by atoms with Crippen LogP contribution >= 0.6 is 0 Å². The fraction of sp³-hybridized carbons (Fsp3) is 0.179. The number of aromatic amines is 1. The molecule has 5 aromatic rings. The van der Waals surface area contributed by atoms with E-state index in [1.165, 1.54) is 9.13 Å². The maximum Gasteiger partial charge on any atom is 0.317 e. The van der Waals surface area contributed by atoms with E-state index in [-0.39, 0.29) is 12.5 Å². The lowest BCUT2D eigenvalue weighted by Gasteiger charge is -2.13. The van der Waals surface area contributed by atoms with Gasteiger partial charge in [0.1, 0.15) is 5.75 Å². The zero-order chi connectivity index (χ0) is 25.2. The Labute approximate surface area is 206 Å². The molecular formula is C28H26N4O4. The summed E-state index contributed by atoms with van der Waals surface area (Å²) in [5.74, 6) is 0.619. The molecule has 0 bridgehead atoms. The number of hydrogen-bond acceptors (Lipinski definition) is 4. The summed E-state index contributed by atoms with van der Waals surface area (Å²) >= 11 is 0. The van der Waals surface area contributed by atoms with Gasteiger partial charge in [-0.2, -0.15) is 0 Å². The fourth-order valence-corrected chi connectivity index (χ4v) is 4.46. The Morgan fingerprint density at radius 1 is 0.972 bits per heavy atom. The summed E-state index contributed by atoms with van der Waals surface area (Å²) in [5, 5.41) is 4.04. The zero-order valence-corrected chi connectivity index (χ0v) is 20.1. The molecule has 0 aliphatic rings. The summed E-state index contributed by atoms with van der Waals surface area (Å²) in [5.41, 5.74) is 3.70. The third-order valence-corrected chi connectivity index (χ3v) is 6.48. The molecule has 182 valence electrons. The number of rotatable bonds is 7. The van der Waals surface area contributed by atoms with Crippen molar-refractivity contribution >= 4 is 27.8 Å². The molecule has 0 radical (unpaired) electrons. The van der Waals surface area contributed by atoms with Gasteiger partial charge in [0.15, 0.2) is 0 Å². The molecule has 2 heterocycles. The van der Waals surface area contributed by atoms with Crippen molar-refractivity contribution < 1.29 is 9.53 Å². The highest BCUT2D eigenvalue weighted by molar-refractivity contribution is 5.94. The molecule has 0 saturated carbocycles. The molecule has 3 aromatic carbocycles. The standard InChI is InChI=1S/C28H26N4O4/c1-31-24-5-3-4-6-25(24)32(28(35)27(31)34)17-18-7-9-19(10-8-18)26(33)29-14-13-20-16-30-23-12-11-21(36-2)15-22(20)23/h3-12,15-16,30H,13-14,17H2,1-2H3,(H,29,33). The second-order valence-electron chi connectivity index (χ2n) is 8.67. The summed E-state index contributed by atoms with van der Waals surface area (Å²) in [6.07, 6.45) is 2.63. The number of benzene rings is 3. The summed E-state index contributed by atoms with van der Waals surface area (Å²) in [7, 11) is 3.24. The Morgan fingerprint density at radius 2 is 1.72 bits per heavy atom. The van der Waals surface area contributed by atoms with Crippen molar-refractivity contribution in [3.05, 3.63) is 110 Å². The Bertz CT molecular complexity index is 1690. The van der Waals surface area contributed by atoms with Crippen LogP contribution in [0.15, 0.2) is 82.5 Å². The molecule has 0 saturated heterocycles. The molecular weight excluding hydrogens is 456 g/mol. The van der Waals surface area contributed by atoms with Gasteiger partial charge in [-0.3, -0.25) is 19.0 Å². The first-order valence-corrected chi connectivity index (χ1v) is 11.7. The normalized spacial score (nSPS) is 11.2. The van der Waals surface area contributed by atoms with Gasteiger partial charge in [0.2, 0.25) is 0 Å². The lowest BCUT2D eigenvalue weighted by molar-refractivity contribution is 0.0954. The van der Waals surface area contributed by atoms with Gasteiger partial charge >= 0.3 is 11.1 Å². The largest absolute Gasteiger partial charge is 0.497 e. The lowest BCUT2D eigenvalue weighted by Crippen LogP contribution is -2.40. The predicted octanol–water partition coefficient (Wildman–Crippen LogP) is 3.21. The van der Waals surface area contributed by atoms with Gasteiger partial charge in [0.25, 0.3) is 5.91 Å². The van der Waals surface area contributed by atoms with E-state index in [2.05, 4.69) is 10.3 Å². The molecule has 2 N–H and O–H groups in total. The van der Waals surface area contributed by atoms with E-state index in [1.54, 1.807) is 38.4 Å². The number of aryl methyl sites for hydroxylation is 1. The quantitative estimate of drug-likeness (QED) is 0.348. The molecule has 0 aliphatic heterocycles. The predicted molar refractivity (Wildman–Crippen MR) is 140 cm³/mol. The van der Waals surface area contributed by atoms with Crippen molar-refractivity contribution in [3.63, 3.8) is 0 Å². The Kier molecular flexibility index (Phi) is 6.16. The number of para-hydroxylation sites is 2. The maximum absolute atomic E-state index is 12.7. The number of fused-ring (bicyclic) bond motifs is 2. The number of carbonyl (C=O) groups is 1. The van der Waals surface area contributed by atoms with Crippen molar-refractivity contribution in [2.24, 2.45) is 7.05 Å². The maximum atomic E-state index is 12.7. The van der Waals surface area contributed by atoms with Crippen LogP contribution in [-0.4, -0.2) is 33.7 Å². The highest BCUT2D eigenvalue weighted by atomic mass is 16.5. The highest BCUT2D eigenvalue weighted by Crippen LogP contribution is 2.23. The van der Waals surface area contributed by atoms with Crippen LogP contribution in [0.5, 0.6) is 5.75 Å². The summed E-state index contributed by atoms with van der Waals surface area (Å²) in [6, 6.07) is 20.2. The second-order valence-corrected chi connectivity index (χ2v) is 8.67. The molecule has 2 aromatic heterocycles. The molecule has 0 unspecified atom stereocenters. The van der Waals surface area contributed by atoms with E-state index in [4.69, 9.17) is 4.74 Å². The molecule has 8 heteroatoms. The third-order valence-electron chi connectivity index (χ3n) is 6.48. The number of H-pyrrole nitrogens is 1. The summed E-state index contributed by atoms with van der Waals surface area (Å²) < 4.78 is 8.16. The van der Waals surface area contributed by atoms with Crippen LogP contribution in [0, 0.1) is 0 Å². The number of carbonyl (C=O) groups excluding carboxylic acids is 1. The highest BCUT2D eigenvalue weighted by Gasteiger charge is 2.12. The lowest BCUT2D eigenvalue weighted by atomic mass is 10.1. The molecule has 0 aliphatic carbocycles. The first kappa shape index (κ1) is 23.2. The van der Waals surface area contributed by atoms with E-state index < -0.39 is 11.1 Å². The van der Waals surface area contributed by atoms with Crippen LogP contribution in [-0.2, 0) is 20.0 Å². The van der Waals surface area contributed by atoms with Crippen LogP contribution in [0.4, 0.5) is 0 Å².